The van der Waals surface area contributed by atoms with Crippen LogP contribution in [0.3, 0.4) is 0 Å². The third-order valence-electron chi connectivity index (χ3n) is 3.78. The molecule has 1 heterocycles. The van der Waals surface area contributed by atoms with Gasteiger partial charge in [-0.3, -0.25) is 9.59 Å². The number of anilines is 1. The zero-order valence-corrected chi connectivity index (χ0v) is 14.0. The van der Waals surface area contributed by atoms with Gasteiger partial charge in [0, 0.05) is 16.4 Å². The van der Waals surface area contributed by atoms with Crippen molar-refractivity contribution in [2.45, 2.75) is 25.7 Å². The number of carbonyl (C=O) groups excluding carboxylic acids is 2. The van der Waals surface area contributed by atoms with Crippen LogP contribution < -0.4 is 5.32 Å². The van der Waals surface area contributed by atoms with Crippen LogP contribution in [-0.2, 0) is 9.59 Å². The molecule has 3 rings (SSSR count). The lowest BCUT2D eigenvalue weighted by atomic mass is 9.86. The van der Waals surface area contributed by atoms with Crippen molar-refractivity contribution in [1.82, 2.24) is 0 Å². The predicted octanol–water partition coefficient (Wildman–Crippen LogP) is 3.54. The van der Waals surface area contributed by atoms with Crippen LogP contribution in [0.4, 0.5) is 5.69 Å². The van der Waals surface area contributed by atoms with Gasteiger partial charge in [-0.05, 0) is 43.5 Å². The van der Waals surface area contributed by atoms with E-state index < -0.39 is 0 Å². The number of carbonyl (C=O) groups is 2. The maximum absolute atomic E-state index is 12.0. The summed E-state index contributed by atoms with van der Waals surface area (Å²) >= 11 is 6.99. The molecular weight excluding hydrogens is 334 g/mol. The molecule has 1 aromatic rings. The van der Waals surface area contributed by atoms with Crippen LogP contribution in [0.5, 0.6) is 0 Å². The lowest BCUT2D eigenvalue weighted by Gasteiger charge is -2.24. The largest absolute Gasteiger partial charge is 0.325 e. The van der Waals surface area contributed by atoms with E-state index in [-0.39, 0.29) is 23.5 Å². The maximum atomic E-state index is 12.0. The Morgan fingerprint density at radius 1 is 1.26 bits per heavy atom. The molecule has 0 bridgehead atoms. The number of thioether (sulfide) groups is 1. The fourth-order valence-electron chi connectivity index (χ4n) is 2.64. The van der Waals surface area contributed by atoms with Crippen LogP contribution in [0.1, 0.15) is 25.7 Å². The number of benzene rings is 1. The topological polar surface area (TPSA) is 70.9 Å². The van der Waals surface area contributed by atoms with Crippen LogP contribution in [0.15, 0.2) is 34.3 Å². The Hall–Kier alpha value is -1.66. The molecule has 5 nitrogen and oxygen atoms in total. The number of aliphatic imine (C=N–C) groups is 2. The average Bonchev–Trinajstić information content (AvgIpc) is 2.55. The smallest absolute Gasteiger partial charge is 0.256 e. The van der Waals surface area contributed by atoms with Crippen molar-refractivity contribution < 1.29 is 9.59 Å². The van der Waals surface area contributed by atoms with Gasteiger partial charge in [0.05, 0.1) is 11.7 Å². The molecule has 1 fully saturated rings. The van der Waals surface area contributed by atoms with E-state index in [4.69, 9.17) is 11.6 Å². The zero-order chi connectivity index (χ0) is 16.2. The molecule has 0 radical (unpaired) electrons. The second-order valence-electron chi connectivity index (χ2n) is 5.48. The molecule has 0 spiro atoms. The zero-order valence-electron chi connectivity index (χ0n) is 12.4. The minimum absolute atomic E-state index is 0.115. The molecule has 1 aliphatic carbocycles. The highest BCUT2D eigenvalue weighted by atomic mass is 35.5. The van der Waals surface area contributed by atoms with Crippen LogP contribution in [0.25, 0.3) is 0 Å². The first-order valence-electron chi connectivity index (χ1n) is 7.50. The molecule has 23 heavy (non-hydrogen) atoms. The van der Waals surface area contributed by atoms with Gasteiger partial charge in [-0.2, -0.15) is 4.99 Å². The van der Waals surface area contributed by atoms with Crippen LogP contribution in [0.2, 0.25) is 5.02 Å². The molecule has 0 aromatic heterocycles. The highest BCUT2D eigenvalue weighted by Gasteiger charge is 2.30. The van der Waals surface area contributed by atoms with Crippen LogP contribution in [0, 0.1) is 5.92 Å². The molecule has 2 aliphatic rings. The molecule has 7 heteroatoms. The minimum atomic E-state index is -0.168. The number of amides is 2. The second kappa shape index (κ2) is 7.27. The van der Waals surface area contributed by atoms with Gasteiger partial charge in [0.15, 0.2) is 5.17 Å². The molecule has 2 amide bonds. The first-order valence-corrected chi connectivity index (χ1v) is 8.86. The Labute approximate surface area is 143 Å². The molecule has 1 atom stereocenters. The Kier molecular flexibility index (Phi) is 5.13. The van der Waals surface area contributed by atoms with Crippen molar-refractivity contribution >= 4 is 51.7 Å². The summed E-state index contributed by atoms with van der Waals surface area (Å²) < 4.78 is 0. The van der Waals surface area contributed by atoms with Crippen molar-refractivity contribution in [2.24, 2.45) is 15.9 Å². The number of nitrogens with zero attached hydrogens (tertiary/aromatic N) is 2. The van der Waals surface area contributed by atoms with Crippen LogP contribution in [-0.4, -0.2) is 28.4 Å². The van der Waals surface area contributed by atoms with E-state index in [1.54, 1.807) is 24.3 Å². The van der Waals surface area contributed by atoms with E-state index in [9.17, 15) is 9.59 Å². The van der Waals surface area contributed by atoms with Gasteiger partial charge in [-0.15, -0.1) is 0 Å². The molecule has 0 saturated heterocycles. The summed E-state index contributed by atoms with van der Waals surface area (Å²) in [5.74, 6) is -0.249. The predicted molar refractivity (Wildman–Crippen MR) is 94.4 cm³/mol. The number of hydrogen-bond acceptors (Lipinski definition) is 4. The summed E-state index contributed by atoms with van der Waals surface area (Å²) in [7, 11) is 0. The van der Waals surface area contributed by atoms with Crippen molar-refractivity contribution in [2.75, 3.05) is 11.1 Å². The van der Waals surface area contributed by atoms with Gasteiger partial charge in [-0.1, -0.05) is 29.8 Å². The normalized spacial score (nSPS) is 20.4. The Morgan fingerprint density at radius 3 is 2.83 bits per heavy atom. The van der Waals surface area contributed by atoms with E-state index in [0.29, 0.717) is 15.9 Å². The molecule has 1 unspecified atom stereocenters. The molecule has 120 valence electrons. The Balaban J connectivity index is 1.55. The number of nitrogens with one attached hydrogen (secondary N) is 1. The summed E-state index contributed by atoms with van der Waals surface area (Å²) in [6, 6.07) is 6.89. The third-order valence-corrected chi connectivity index (χ3v) is 4.88. The van der Waals surface area contributed by atoms with Gasteiger partial charge in [0.2, 0.25) is 5.91 Å². The summed E-state index contributed by atoms with van der Waals surface area (Å²) in [5, 5.41) is 3.78. The molecule has 1 saturated carbocycles. The van der Waals surface area contributed by atoms with E-state index in [1.165, 1.54) is 11.8 Å². The summed E-state index contributed by atoms with van der Waals surface area (Å²) in [4.78, 5) is 32.4. The van der Waals surface area contributed by atoms with Crippen molar-refractivity contribution in [3.63, 3.8) is 0 Å². The van der Waals surface area contributed by atoms with Gasteiger partial charge in [0.1, 0.15) is 0 Å². The first kappa shape index (κ1) is 16.2. The number of amidine groups is 1. The Bertz CT molecular complexity index is 685. The van der Waals surface area contributed by atoms with Gasteiger partial charge in [-0.25, -0.2) is 4.99 Å². The van der Waals surface area contributed by atoms with E-state index in [2.05, 4.69) is 15.3 Å². The van der Waals surface area contributed by atoms with E-state index >= 15 is 0 Å². The number of rotatable bonds is 3. The second-order valence-corrected chi connectivity index (χ2v) is 6.86. The molecule has 1 aromatic carbocycles. The highest BCUT2D eigenvalue weighted by Crippen LogP contribution is 2.27. The van der Waals surface area contributed by atoms with E-state index in [0.717, 1.165) is 31.4 Å². The molecule has 1 aliphatic heterocycles. The quantitative estimate of drug-likeness (QED) is 0.907. The third kappa shape index (κ3) is 4.20. The minimum Gasteiger partial charge on any atom is -0.325 e. The maximum Gasteiger partial charge on any atom is 0.256 e. The van der Waals surface area contributed by atoms with Gasteiger partial charge in [0.25, 0.3) is 5.91 Å². The fourth-order valence-corrected chi connectivity index (χ4v) is 3.43. The highest BCUT2D eigenvalue weighted by molar-refractivity contribution is 8.14. The number of hydrogen-bond donors (Lipinski definition) is 1. The van der Waals surface area contributed by atoms with E-state index in [1.807, 2.05) is 0 Å². The monoisotopic (exact) mass is 349 g/mol. The van der Waals surface area contributed by atoms with Gasteiger partial charge < -0.3 is 5.32 Å². The summed E-state index contributed by atoms with van der Waals surface area (Å²) in [6.07, 6.45) is 3.82. The summed E-state index contributed by atoms with van der Waals surface area (Å²) in [5.41, 5.74) is 1.61. The number of fused-ring (bicyclic) bond motifs is 1. The van der Waals surface area contributed by atoms with Crippen LogP contribution >= 0.6 is 23.4 Å². The SMILES string of the molecule is O=C(CSC1=NC(=O)C2CCCCC2=N1)Nc1ccc(Cl)cc1. The molecular formula is C16H16ClN3O2S. The van der Waals surface area contributed by atoms with Crippen molar-refractivity contribution in [1.29, 1.82) is 0 Å². The lowest BCUT2D eigenvalue weighted by Crippen LogP contribution is -2.30. The van der Waals surface area contributed by atoms with Crippen molar-refractivity contribution in [3.8, 4) is 0 Å². The standard InChI is InChI=1S/C16H16ClN3O2S/c17-10-5-7-11(8-6-10)18-14(21)9-23-16-19-13-4-2-1-3-12(13)15(22)20-16/h5-8,12H,1-4,9H2,(H,18,21). The average molecular weight is 350 g/mol. The lowest BCUT2D eigenvalue weighted by molar-refractivity contribution is -0.120. The first-order chi connectivity index (χ1) is 11.1. The Morgan fingerprint density at radius 2 is 2.04 bits per heavy atom. The van der Waals surface area contributed by atoms with Gasteiger partial charge >= 0.3 is 0 Å². The van der Waals surface area contributed by atoms with Crippen molar-refractivity contribution in [3.05, 3.63) is 29.3 Å². The fraction of sp³-hybridized carbons (Fsp3) is 0.375. The number of halogens is 1. The summed E-state index contributed by atoms with van der Waals surface area (Å²) in [6.45, 7) is 0. The molecule has 1 N–H and O–H groups in total.